The lowest BCUT2D eigenvalue weighted by atomic mass is 9.90. The first kappa shape index (κ1) is 10.4. The van der Waals surface area contributed by atoms with Crippen molar-refractivity contribution in [2.45, 2.75) is 39.2 Å². The number of carboxylic acids is 1. The van der Waals surface area contributed by atoms with E-state index in [1.165, 1.54) is 0 Å². The van der Waals surface area contributed by atoms with E-state index in [-0.39, 0.29) is 0 Å². The maximum absolute atomic E-state index is 10.5. The molecule has 0 aliphatic heterocycles. The molecule has 0 unspecified atom stereocenters. The van der Waals surface area contributed by atoms with Crippen LogP contribution in [0, 0.1) is 5.92 Å². The second-order valence-electron chi connectivity index (χ2n) is 3.44. The van der Waals surface area contributed by atoms with Crippen LogP contribution < -0.4 is 5.73 Å². The van der Waals surface area contributed by atoms with Crippen molar-refractivity contribution in [2.24, 2.45) is 11.7 Å². The highest BCUT2D eigenvalue weighted by Gasteiger charge is 2.28. The highest BCUT2D eigenvalue weighted by Crippen LogP contribution is 2.16. The number of hydrogen-bond donors (Lipinski definition) is 2. The van der Waals surface area contributed by atoms with Gasteiger partial charge in [0.2, 0.25) is 0 Å². The lowest BCUT2D eigenvalue weighted by molar-refractivity contribution is -0.143. The molecule has 0 heterocycles. The van der Waals surface area contributed by atoms with E-state index in [0.29, 0.717) is 12.3 Å². The maximum Gasteiger partial charge on any atom is 0.323 e. The van der Waals surface area contributed by atoms with Gasteiger partial charge >= 0.3 is 5.97 Å². The minimum atomic E-state index is -1.06. The molecule has 2 atom stereocenters. The second kappa shape index (κ2) is 3.72. The van der Waals surface area contributed by atoms with Crippen LogP contribution in [0.25, 0.3) is 0 Å². The molecule has 0 bridgehead atoms. The molecule has 3 nitrogen and oxygen atoms in total. The number of carbonyl (C=O) groups is 1. The van der Waals surface area contributed by atoms with Crippen LogP contribution in [0.1, 0.15) is 33.6 Å². The maximum atomic E-state index is 10.5. The normalized spacial score (nSPS) is 18.9. The summed E-state index contributed by atoms with van der Waals surface area (Å²) in [6, 6.07) is 0. The lowest BCUT2D eigenvalue weighted by Crippen LogP contribution is -2.46. The molecular weight excluding hydrogens is 142 g/mol. The highest BCUT2D eigenvalue weighted by molar-refractivity contribution is 5.77. The van der Waals surface area contributed by atoms with Gasteiger partial charge in [-0.2, -0.15) is 0 Å². The average Bonchev–Trinajstić information content (AvgIpc) is 1.86. The van der Waals surface area contributed by atoms with Gasteiger partial charge in [-0.3, -0.25) is 4.79 Å². The Balaban J connectivity index is 4.01. The van der Waals surface area contributed by atoms with Crippen LogP contribution in [0.5, 0.6) is 0 Å². The molecule has 11 heavy (non-hydrogen) atoms. The van der Waals surface area contributed by atoms with E-state index in [1.54, 1.807) is 6.92 Å². The predicted octanol–water partition coefficient (Wildman–Crippen LogP) is 1.22. The van der Waals surface area contributed by atoms with Crippen LogP contribution in [0.4, 0.5) is 0 Å². The van der Waals surface area contributed by atoms with E-state index in [1.807, 2.05) is 13.8 Å². The summed E-state index contributed by atoms with van der Waals surface area (Å²) >= 11 is 0. The Morgan fingerprint density at radius 2 is 2.18 bits per heavy atom. The molecule has 0 saturated carbocycles. The molecule has 0 aromatic heterocycles. The zero-order chi connectivity index (χ0) is 9.07. The summed E-state index contributed by atoms with van der Waals surface area (Å²) in [6.45, 7) is 5.60. The third-order valence-electron chi connectivity index (χ3n) is 1.96. The van der Waals surface area contributed by atoms with Gasteiger partial charge in [0.05, 0.1) is 0 Å². The van der Waals surface area contributed by atoms with Gasteiger partial charge in [-0.1, -0.05) is 20.3 Å². The van der Waals surface area contributed by atoms with E-state index < -0.39 is 11.5 Å². The van der Waals surface area contributed by atoms with Gasteiger partial charge in [0.25, 0.3) is 0 Å². The predicted molar refractivity (Wildman–Crippen MR) is 44.3 cm³/mol. The van der Waals surface area contributed by atoms with Crippen LogP contribution in [0.2, 0.25) is 0 Å². The van der Waals surface area contributed by atoms with Crippen LogP contribution in [-0.4, -0.2) is 16.6 Å². The summed E-state index contributed by atoms with van der Waals surface area (Å²) in [5.41, 5.74) is 4.48. The number of hydrogen-bond acceptors (Lipinski definition) is 2. The fraction of sp³-hybridized carbons (Fsp3) is 0.875. The minimum absolute atomic E-state index is 0.376. The molecule has 66 valence electrons. The molecule has 0 aliphatic carbocycles. The number of aliphatic carboxylic acids is 1. The van der Waals surface area contributed by atoms with Crippen molar-refractivity contribution in [1.82, 2.24) is 0 Å². The fourth-order valence-electron chi connectivity index (χ4n) is 0.956. The van der Waals surface area contributed by atoms with E-state index in [4.69, 9.17) is 10.8 Å². The molecule has 0 aromatic rings. The summed E-state index contributed by atoms with van der Waals surface area (Å²) in [4.78, 5) is 10.5. The molecule has 0 fully saturated rings. The molecular formula is C8H17NO2. The Morgan fingerprint density at radius 1 is 1.73 bits per heavy atom. The monoisotopic (exact) mass is 159 g/mol. The van der Waals surface area contributed by atoms with Crippen molar-refractivity contribution >= 4 is 5.97 Å². The first-order chi connectivity index (χ1) is 4.90. The summed E-state index contributed by atoms with van der Waals surface area (Å²) in [6.07, 6.45) is 1.51. The molecule has 3 heteroatoms. The molecule has 0 amide bonds. The zero-order valence-corrected chi connectivity index (χ0v) is 7.42. The van der Waals surface area contributed by atoms with Crippen LogP contribution >= 0.6 is 0 Å². The van der Waals surface area contributed by atoms with E-state index in [0.717, 1.165) is 6.42 Å². The Labute approximate surface area is 67.6 Å². The van der Waals surface area contributed by atoms with Gasteiger partial charge in [0.1, 0.15) is 5.54 Å². The number of rotatable bonds is 4. The van der Waals surface area contributed by atoms with Gasteiger partial charge in [-0.05, 0) is 19.3 Å². The molecule has 0 aliphatic rings. The van der Waals surface area contributed by atoms with Crippen molar-refractivity contribution in [3.8, 4) is 0 Å². The highest BCUT2D eigenvalue weighted by atomic mass is 16.4. The van der Waals surface area contributed by atoms with Gasteiger partial charge in [0, 0.05) is 0 Å². The molecule has 0 saturated heterocycles. The molecule has 3 N–H and O–H groups in total. The van der Waals surface area contributed by atoms with Crippen LogP contribution in [0.15, 0.2) is 0 Å². The topological polar surface area (TPSA) is 63.3 Å². The first-order valence-corrected chi connectivity index (χ1v) is 3.92. The Kier molecular flexibility index (Phi) is 3.52. The smallest absolute Gasteiger partial charge is 0.323 e. The van der Waals surface area contributed by atoms with Crippen LogP contribution in [-0.2, 0) is 4.79 Å². The van der Waals surface area contributed by atoms with Gasteiger partial charge in [-0.15, -0.1) is 0 Å². The Morgan fingerprint density at radius 3 is 2.45 bits per heavy atom. The minimum Gasteiger partial charge on any atom is -0.480 e. The third kappa shape index (κ3) is 3.37. The lowest BCUT2D eigenvalue weighted by Gasteiger charge is -2.22. The first-order valence-electron chi connectivity index (χ1n) is 3.92. The van der Waals surface area contributed by atoms with Crippen molar-refractivity contribution < 1.29 is 9.90 Å². The fourth-order valence-corrected chi connectivity index (χ4v) is 0.956. The zero-order valence-electron chi connectivity index (χ0n) is 7.42. The standard InChI is InChI=1S/C8H17NO2/c1-4-6(2)5-8(3,9)7(10)11/h6H,4-5,9H2,1-3H3,(H,10,11)/t6-,8-/m0/s1. The summed E-state index contributed by atoms with van der Waals surface area (Å²) in [5, 5.41) is 8.66. The number of nitrogens with two attached hydrogens (primary N) is 1. The molecule has 0 rings (SSSR count). The SMILES string of the molecule is CC[C@H](C)C[C@](C)(N)C(=O)O. The van der Waals surface area contributed by atoms with Crippen molar-refractivity contribution in [2.75, 3.05) is 0 Å². The average molecular weight is 159 g/mol. The van der Waals surface area contributed by atoms with Crippen molar-refractivity contribution in [3.05, 3.63) is 0 Å². The summed E-state index contributed by atoms with van der Waals surface area (Å²) in [5.74, 6) is -0.543. The summed E-state index contributed by atoms with van der Waals surface area (Å²) in [7, 11) is 0. The summed E-state index contributed by atoms with van der Waals surface area (Å²) < 4.78 is 0. The van der Waals surface area contributed by atoms with Gasteiger partial charge in [0.15, 0.2) is 0 Å². The molecule has 0 aromatic carbocycles. The van der Waals surface area contributed by atoms with E-state index >= 15 is 0 Å². The number of carboxylic acid groups (broad SMARTS) is 1. The van der Waals surface area contributed by atoms with E-state index in [2.05, 4.69) is 0 Å². The van der Waals surface area contributed by atoms with Crippen molar-refractivity contribution in [1.29, 1.82) is 0 Å². The molecule has 0 spiro atoms. The Hall–Kier alpha value is -0.570. The van der Waals surface area contributed by atoms with Gasteiger partial charge in [-0.25, -0.2) is 0 Å². The van der Waals surface area contributed by atoms with E-state index in [9.17, 15) is 4.79 Å². The third-order valence-corrected chi connectivity index (χ3v) is 1.96. The van der Waals surface area contributed by atoms with Crippen LogP contribution in [0.3, 0.4) is 0 Å². The Bertz CT molecular complexity index is 143. The van der Waals surface area contributed by atoms with Gasteiger partial charge < -0.3 is 10.8 Å². The quantitative estimate of drug-likeness (QED) is 0.648. The largest absolute Gasteiger partial charge is 0.480 e. The van der Waals surface area contributed by atoms with Crippen molar-refractivity contribution in [3.63, 3.8) is 0 Å². The molecule has 0 radical (unpaired) electrons. The second-order valence-corrected chi connectivity index (χ2v) is 3.44.